The largest absolute Gasteiger partial charge is 0.351 e. The van der Waals surface area contributed by atoms with Crippen molar-refractivity contribution in [1.82, 2.24) is 15.1 Å². The van der Waals surface area contributed by atoms with Gasteiger partial charge in [-0.15, -0.1) is 0 Å². The van der Waals surface area contributed by atoms with Crippen molar-refractivity contribution in [2.45, 2.75) is 76.7 Å². The molecule has 4 atom stereocenters. The second-order valence-corrected chi connectivity index (χ2v) is 7.03. The Morgan fingerprint density at radius 2 is 2.05 bits per heavy atom. The van der Waals surface area contributed by atoms with Gasteiger partial charge in [0.2, 0.25) is 11.8 Å². The molecule has 1 saturated carbocycles. The normalized spacial score (nSPS) is 32.9. The molecule has 0 aromatic carbocycles. The predicted octanol–water partition coefficient (Wildman–Crippen LogP) is 0.312. The van der Waals surface area contributed by atoms with Crippen molar-refractivity contribution < 1.29 is 9.59 Å². The Bertz CT molecular complexity index is 426. The number of rotatable bonds is 4. The molecule has 6 heteroatoms. The molecule has 1 saturated heterocycles. The fraction of sp³-hybridized carbons (Fsp3) is 0.875. The Hall–Kier alpha value is -1.14. The third-order valence-electron chi connectivity index (χ3n) is 5.25. The summed E-state index contributed by atoms with van der Waals surface area (Å²) in [6.07, 6.45) is 3.58. The van der Waals surface area contributed by atoms with Crippen LogP contribution >= 0.6 is 0 Å². The van der Waals surface area contributed by atoms with E-state index in [0.717, 1.165) is 25.7 Å². The lowest BCUT2D eigenvalue weighted by molar-refractivity contribution is -0.133. The standard InChI is InChI=1S/C16H30N4O2/c1-10(2)19(4)12-5-6-15(14(9-12)18-11(3)21)20-8-7-13(17)16(20)22/h10,12-15H,5-9,17H2,1-4H3,(H,18,21)/t12-,13?,14-,15+/m1/s1. The van der Waals surface area contributed by atoms with E-state index in [4.69, 9.17) is 5.73 Å². The molecule has 22 heavy (non-hydrogen) atoms. The number of carbonyl (C=O) groups excluding carboxylic acids is 2. The van der Waals surface area contributed by atoms with E-state index in [2.05, 4.69) is 31.1 Å². The molecular weight excluding hydrogens is 280 g/mol. The number of amides is 2. The number of hydrogen-bond donors (Lipinski definition) is 2. The molecule has 0 aromatic rings. The van der Waals surface area contributed by atoms with Crippen LogP contribution in [0.1, 0.15) is 46.5 Å². The summed E-state index contributed by atoms with van der Waals surface area (Å²) in [6, 6.07) is 0.656. The second kappa shape index (κ2) is 6.96. The van der Waals surface area contributed by atoms with Crippen LogP contribution in [0.5, 0.6) is 0 Å². The van der Waals surface area contributed by atoms with Crippen molar-refractivity contribution in [3.63, 3.8) is 0 Å². The van der Waals surface area contributed by atoms with E-state index in [1.165, 1.54) is 0 Å². The number of carbonyl (C=O) groups is 2. The van der Waals surface area contributed by atoms with Crippen molar-refractivity contribution in [3.05, 3.63) is 0 Å². The maximum atomic E-state index is 12.2. The van der Waals surface area contributed by atoms with E-state index < -0.39 is 0 Å². The van der Waals surface area contributed by atoms with Crippen molar-refractivity contribution in [3.8, 4) is 0 Å². The van der Waals surface area contributed by atoms with Gasteiger partial charge in [-0.05, 0) is 46.6 Å². The fourth-order valence-electron chi connectivity index (χ4n) is 3.77. The third-order valence-corrected chi connectivity index (χ3v) is 5.25. The Labute approximate surface area is 133 Å². The average molecular weight is 310 g/mol. The smallest absolute Gasteiger partial charge is 0.239 e. The topological polar surface area (TPSA) is 78.7 Å². The molecule has 0 bridgehead atoms. The highest BCUT2D eigenvalue weighted by Crippen LogP contribution is 2.29. The van der Waals surface area contributed by atoms with Gasteiger partial charge >= 0.3 is 0 Å². The molecule has 1 aliphatic carbocycles. The minimum absolute atomic E-state index is 0.0201. The Morgan fingerprint density at radius 1 is 1.36 bits per heavy atom. The van der Waals surface area contributed by atoms with Crippen LogP contribution in [0.25, 0.3) is 0 Å². The molecule has 0 spiro atoms. The minimum Gasteiger partial charge on any atom is -0.351 e. The van der Waals surface area contributed by atoms with Gasteiger partial charge in [-0.3, -0.25) is 9.59 Å². The number of likely N-dealkylation sites (tertiary alicyclic amines) is 1. The summed E-state index contributed by atoms with van der Waals surface area (Å²) in [6.45, 7) is 6.63. The van der Waals surface area contributed by atoms with Gasteiger partial charge in [-0.2, -0.15) is 0 Å². The maximum absolute atomic E-state index is 12.2. The summed E-state index contributed by atoms with van der Waals surface area (Å²) in [5.41, 5.74) is 5.85. The zero-order valence-electron chi connectivity index (χ0n) is 14.2. The van der Waals surface area contributed by atoms with E-state index in [-0.39, 0.29) is 29.9 Å². The first kappa shape index (κ1) is 17.2. The number of nitrogens with zero attached hydrogens (tertiary/aromatic N) is 2. The van der Waals surface area contributed by atoms with Gasteiger partial charge < -0.3 is 20.9 Å². The van der Waals surface area contributed by atoms with Crippen LogP contribution in [0.2, 0.25) is 0 Å². The summed E-state index contributed by atoms with van der Waals surface area (Å²) in [5, 5.41) is 3.07. The highest BCUT2D eigenvalue weighted by atomic mass is 16.2. The fourth-order valence-corrected chi connectivity index (χ4v) is 3.77. The molecule has 6 nitrogen and oxygen atoms in total. The van der Waals surface area contributed by atoms with E-state index in [1.54, 1.807) is 6.92 Å². The van der Waals surface area contributed by atoms with Crippen LogP contribution in [0, 0.1) is 0 Å². The lowest BCUT2D eigenvalue weighted by Crippen LogP contribution is -2.58. The Morgan fingerprint density at radius 3 is 2.55 bits per heavy atom. The Balaban J connectivity index is 2.10. The zero-order chi connectivity index (χ0) is 16.4. The summed E-state index contributed by atoms with van der Waals surface area (Å²) >= 11 is 0. The molecule has 1 aliphatic heterocycles. The van der Waals surface area contributed by atoms with E-state index in [1.807, 2.05) is 4.90 Å². The molecule has 0 radical (unpaired) electrons. The molecule has 2 amide bonds. The van der Waals surface area contributed by atoms with Crippen LogP contribution in [-0.4, -0.2) is 65.4 Å². The quantitative estimate of drug-likeness (QED) is 0.783. The molecule has 126 valence electrons. The van der Waals surface area contributed by atoms with Gasteiger partial charge in [0.15, 0.2) is 0 Å². The number of nitrogens with one attached hydrogen (secondary N) is 1. The van der Waals surface area contributed by atoms with Crippen LogP contribution in [0.4, 0.5) is 0 Å². The van der Waals surface area contributed by atoms with Crippen molar-refractivity contribution >= 4 is 11.8 Å². The van der Waals surface area contributed by atoms with E-state index >= 15 is 0 Å². The number of hydrogen-bond acceptors (Lipinski definition) is 4. The van der Waals surface area contributed by atoms with E-state index in [0.29, 0.717) is 18.6 Å². The van der Waals surface area contributed by atoms with Crippen molar-refractivity contribution in [1.29, 1.82) is 0 Å². The third kappa shape index (κ3) is 3.60. The average Bonchev–Trinajstić information content (AvgIpc) is 2.77. The zero-order valence-corrected chi connectivity index (χ0v) is 14.2. The lowest BCUT2D eigenvalue weighted by atomic mass is 9.84. The molecule has 2 fully saturated rings. The molecule has 2 rings (SSSR count). The summed E-state index contributed by atoms with van der Waals surface area (Å²) in [4.78, 5) is 28.1. The van der Waals surface area contributed by atoms with E-state index in [9.17, 15) is 9.59 Å². The van der Waals surface area contributed by atoms with Gasteiger partial charge in [0.05, 0.1) is 18.1 Å². The molecule has 1 unspecified atom stereocenters. The van der Waals surface area contributed by atoms with Crippen LogP contribution < -0.4 is 11.1 Å². The summed E-state index contributed by atoms with van der Waals surface area (Å²) in [5.74, 6) is 0.00908. The first-order valence-electron chi connectivity index (χ1n) is 8.36. The molecule has 3 N–H and O–H groups in total. The minimum atomic E-state index is -0.367. The molecule has 0 aromatic heterocycles. The van der Waals surface area contributed by atoms with Gasteiger partial charge in [-0.25, -0.2) is 0 Å². The highest BCUT2D eigenvalue weighted by molar-refractivity contribution is 5.84. The van der Waals surface area contributed by atoms with Crippen molar-refractivity contribution in [2.24, 2.45) is 5.73 Å². The summed E-state index contributed by atoms with van der Waals surface area (Å²) in [7, 11) is 2.14. The van der Waals surface area contributed by atoms with Gasteiger partial charge in [0.1, 0.15) is 0 Å². The molecule has 1 heterocycles. The Kier molecular flexibility index (Phi) is 5.45. The first-order valence-corrected chi connectivity index (χ1v) is 8.36. The predicted molar refractivity (Wildman–Crippen MR) is 86.2 cm³/mol. The summed E-state index contributed by atoms with van der Waals surface area (Å²) < 4.78 is 0. The monoisotopic (exact) mass is 310 g/mol. The first-order chi connectivity index (χ1) is 10.3. The maximum Gasteiger partial charge on any atom is 0.239 e. The van der Waals surface area contributed by atoms with Crippen LogP contribution in [0.3, 0.4) is 0 Å². The molecule has 2 aliphatic rings. The SMILES string of the molecule is CC(=O)N[C@@H]1C[C@H](N(C)C(C)C)CC[C@@H]1N1CCC(N)C1=O. The van der Waals surface area contributed by atoms with Gasteiger partial charge in [0.25, 0.3) is 0 Å². The second-order valence-electron chi connectivity index (χ2n) is 7.03. The van der Waals surface area contributed by atoms with Crippen molar-refractivity contribution in [2.75, 3.05) is 13.6 Å². The van der Waals surface area contributed by atoms with Gasteiger partial charge in [-0.1, -0.05) is 0 Å². The lowest BCUT2D eigenvalue weighted by Gasteiger charge is -2.44. The van der Waals surface area contributed by atoms with Gasteiger partial charge in [0, 0.05) is 25.6 Å². The van der Waals surface area contributed by atoms with Crippen LogP contribution in [0.15, 0.2) is 0 Å². The number of nitrogens with two attached hydrogens (primary N) is 1. The van der Waals surface area contributed by atoms with Crippen LogP contribution in [-0.2, 0) is 9.59 Å². The molecular formula is C16H30N4O2. The highest BCUT2D eigenvalue weighted by Gasteiger charge is 2.41.